The highest BCUT2D eigenvalue weighted by Crippen LogP contribution is 2.37. The molecule has 1 saturated heterocycles. The number of hydrogen-bond acceptors (Lipinski definition) is 5. The maximum absolute atomic E-state index is 13.1. The average molecular weight is 489 g/mol. The van der Waals surface area contributed by atoms with Crippen molar-refractivity contribution in [1.29, 1.82) is 0 Å². The lowest BCUT2D eigenvalue weighted by atomic mass is 9.93. The number of aryl methyl sites for hydroxylation is 1. The van der Waals surface area contributed by atoms with Crippen molar-refractivity contribution in [3.63, 3.8) is 0 Å². The number of hydrazine groups is 1. The number of carbonyl (C=O) groups excluding carboxylic acids is 3. The Kier molecular flexibility index (Phi) is 6.40. The Morgan fingerprint density at radius 1 is 1.09 bits per heavy atom. The summed E-state index contributed by atoms with van der Waals surface area (Å²) in [7, 11) is 0. The summed E-state index contributed by atoms with van der Waals surface area (Å²) in [5, 5.41) is 5.69. The SMILES string of the molecule is CC1(CCc2ccccc2)NC(=O)N(NC(=O)CN2CCc3sccc3C2c2ccccc2)C1=O. The second kappa shape index (κ2) is 9.64. The highest BCUT2D eigenvalue weighted by atomic mass is 32.1. The predicted molar refractivity (Wildman–Crippen MR) is 135 cm³/mol. The van der Waals surface area contributed by atoms with Crippen LogP contribution >= 0.6 is 11.3 Å². The molecule has 1 fully saturated rings. The number of fused-ring (bicyclic) bond motifs is 1. The number of urea groups is 1. The molecular formula is C27H28N4O3S. The van der Waals surface area contributed by atoms with Gasteiger partial charge in [-0.15, -0.1) is 11.3 Å². The molecule has 3 aromatic rings. The Labute approximate surface area is 208 Å². The summed E-state index contributed by atoms with van der Waals surface area (Å²) < 4.78 is 0. The van der Waals surface area contributed by atoms with Gasteiger partial charge in [-0.05, 0) is 54.3 Å². The van der Waals surface area contributed by atoms with E-state index in [2.05, 4.69) is 39.2 Å². The summed E-state index contributed by atoms with van der Waals surface area (Å²) >= 11 is 1.74. The number of rotatable bonds is 7. The highest BCUT2D eigenvalue weighted by molar-refractivity contribution is 7.10. The van der Waals surface area contributed by atoms with Crippen molar-refractivity contribution in [2.75, 3.05) is 13.1 Å². The first-order valence-electron chi connectivity index (χ1n) is 11.8. The van der Waals surface area contributed by atoms with Crippen molar-refractivity contribution in [2.45, 2.75) is 37.8 Å². The molecular weight excluding hydrogens is 460 g/mol. The minimum Gasteiger partial charge on any atom is -0.322 e. The maximum Gasteiger partial charge on any atom is 0.344 e. The van der Waals surface area contributed by atoms with Gasteiger partial charge in [-0.1, -0.05) is 60.7 Å². The molecule has 0 bridgehead atoms. The molecule has 35 heavy (non-hydrogen) atoms. The summed E-state index contributed by atoms with van der Waals surface area (Å²) in [4.78, 5) is 42.2. The second-order valence-corrected chi connectivity index (χ2v) is 10.3. The maximum atomic E-state index is 13.1. The van der Waals surface area contributed by atoms with Gasteiger partial charge in [-0.25, -0.2) is 4.79 Å². The summed E-state index contributed by atoms with van der Waals surface area (Å²) in [6, 6.07) is 21.4. The van der Waals surface area contributed by atoms with E-state index in [4.69, 9.17) is 0 Å². The number of nitrogens with zero attached hydrogens (tertiary/aromatic N) is 2. The number of thiophene rings is 1. The van der Waals surface area contributed by atoms with Crippen LogP contribution in [0.1, 0.15) is 41.0 Å². The Morgan fingerprint density at radius 2 is 1.80 bits per heavy atom. The van der Waals surface area contributed by atoms with Crippen LogP contribution in [0.4, 0.5) is 4.79 Å². The largest absolute Gasteiger partial charge is 0.344 e. The van der Waals surface area contributed by atoms with Crippen molar-refractivity contribution in [3.8, 4) is 0 Å². The summed E-state index contributed by atoms with van der Waals surface area (Å²) in [5.74, 6) is -0.828. The zero-order chi connectivity index (χ0) is 24.4. The molecule has 0 radical (unpaired) electrons. The monoisotopic (exact) mass is 488 g/mol. The van der Waals surface area contributed by atoms with E-state index in [1.807, 2.05) is 48.5 Å². The minimum absolute atomic E-state index is 0.0452. The van der Waals surface area contributed by atoms with Gasteiger partial charge in [0.25, 0.3) is 11.8 Å². The lowest BCUT2D eigenvalue weighted by molar-refractivity contribution is -0.139. The Hall–Kier alpha value is -3.49. The molecule has 2 aliphatic rings. The molecule has 2 atom stereocenters. The number of benzene rings is 2. The first kappa shape index (κ1) is 23.3. The summed E-state index contributed by atoms with van der Waals surface area (Å²) in [6.45, 7) is 2.50. The third kappa shape index (κ3) is 4.72. The van der Waals surface area contributed by atoms with E-state index >= 15 is 0 Å². The third-order valence-electron chi connectivity index (χ3n) is 6.78. The molecule has 8 heteroatoms. The molecule has 180 valence electrons. The number of nitrogens with one attached hydrogen (secondary N) is 2. The van der Waals surface area contributed by atoms with E-state index < -0.39 is 17.5 Å². The Balaban J connectivity index is 1.26. The number of imide groups is 1. The van der Waals surface area contributed by atoms with Crippen LogP contribution in [0.2, 0.25) is 0 Å². The molecule has 2 aromatic carbocycles. The summed E-state index contributed by atoms with van der Waals surface area (Å²) in [5.41, 5.74) is 4.91. The van der Waals surface area contributed by atoms with Crippen molar-refractivity contribution in [2.24, 2.45) is 0 Å². The quantitative estimate of drug-likeness (QED) is 0.497. The van der Waals surface area contributed by atoms with Gasteiger partial charge in [0.15, 0.2) is 0 Å². The van der Waals surface area contributed by atoms with Gasteiger partial charge in [-0.3, -0.25) is 19.9 Å². The van der Waals surface area contributed by atoms with E-state index in [1.54, 1.807) is 18.3 Å². The first-order chi connectivity index (χ1) is 16.9. The molecule has 0 aliphatic carbocycles. The molecule has 0 saturated carbocycles. The topological polar surface area (TPSA) is 81.8 Å². The van der Waals surface area contributed by atoms with Gasteiger partial charge < -0.3 is 5.32 Å². The van der Waals surface area contributed by atoms with E-state index in [9.17, 15) is 14.4 Å². The first-order valence-corrected chi connectivity index (χ1v) is 12.7. The molecule has 2 unspecified atom stereocenters. The molecule has 7 nitrogen and oxygen atoms in total. The van der Waals surface area contributed by atoms with Crippen LogP contribution in [0.5, 0.6) is 0 Å². The van der Waals surface area contributed by atoms with E-state index in [1.165, 1.54) is 10.4 Å². The fourth-order valence-electron chi connectivity index (χ4n) is 4.90. The van der Waals surface area contributed by atoms with E-state index in [-0.39, 0.29) is 18.5 Å². The van der Waals surface area contributed by atoms with E-state index in [0.717, 1.165) is 29.1 Å². The van der Waals surface area contributed by atoms with Gasteiger partial charge in [0.1, 0.15) is 5.54 Å². The van der Waals surface area contributed by atoms with Crippen LogP contribution in [0.15, 0.2) is 72.1 Å². The third-order valence-corrected chi connectivity index (χ3v) is 7.78. The Morgan fingerprint density at radius 3 is 2.54 bits per heavy atom. The number of carbonyl (C=O) groups is 3. The van der Waals surface area contributed by atoms with Crippen LogP contribution in [-0.2, 0) is 22.4 Å². The Bertz CT molecular complexity index is 1230. The van der Waals surface area contributed by atoms with Crippen LogP contribution in [0.3, 0.4) is 0 Å². The van der Waals surface area contributed by atoms with Crippen LogP contribution in [0.25, 0.3) is 0 Å². The van der Waals surface area contributed by atoms with Crippen molar-refractivity contribution < 1.29 is 14.4 Å². The van der Waals surface area contributed by atoms with Crippen molar-refractivity contribution in [1.82, 2.24) is 20.7 Å². The lowest BCUT2D eigenvalue weighted by Crippen LogP contribution is -2.52. The molecule has 5 rings (SSSR count). The van der Waals surface area contributed by atoms with Crippen LogP contribution in [-0.4, -0.2) is 46.4 Å². The minimum atomic E-state index is -1.07. The van der Waals surface area contributed by atoms with Crippen molar-refractivity contribution in [3.05, 3.63) is 93.7 Å². The fourth-order valence-corrected chi connectivity index (χ4v) is 5.81. The molecule has 4 amide bonds. The molecule has 2 N–H and O–H groups in total. The van der Waals surface area contributed by atoms with Gasteiger partial charge in [-0.2, -0.15) is 5.01 Å². The molecule has 0 spiro atoms. The van der Waals surface area contributed by atoms with Gasteiger partial charge in [0.2, 0.25) is 0 Å². The highest BCUT2D eigenvalue weighted by Gasteiger charge is 2.48. The standard InChI is InChI=1S/C27H28N4O3S/c1-27(15-12-19-8-4-2-5-9-19)25(33)31(26(34)28-27)29-23(32)18-30-16-13-22-21(14-17-35-22)24(30)20-10-6-3-7-11-20/h2-11,14,17,24H,12-13,15-16,18H2,1H3,(H,28,34)(H,29,32). The number of amides is 4. The molecule has 1 aromatic heterocycles. The normalized spacial score (nSPS) is 22.1. The average Bonchev–Trinajstić information content (AvgIpc) is 3.42. The van der Waals surface area contributed by atoms with Crippen LogP contribution in [0, 0.1) is 0 Å². The fraction of sp³-hybridized carbons (Fsp3) is 0.296. The zero-order valence-electron chi connectivity index (χ0n) is 19.6. The lowest BCUT2D eigenvalue weighted by Gasteiger charge is -2.36. The van der Waals surface area contributed by atoms with Gasteiger partial charge >= 0.3 is 6.03 Å². The molecule has 2 aliphatic heterocycles. The zero-order valence-corrected chi connectivity index (χ0v) is 20.4. The smallest absolute Gasteiger partial charge is 0.322 e. The number of hydrogen-bond donors (Lipinski definition) is 2. The summed E-state index contributed by atoms with van der Waals surface area (Å²) in [6.07, 6.45) is 1.95. The van der Waals surface area contributed by atoms with Crippen molar-refractivity contribution >= 4 is 29.2 Å². The second-order valence-electron chi connectivity index (χ2n) is 9.26. The molecule has 3 heterocycles. The van der Waals surface area contributed by atoms with E-state index in [0.29, 0.717) is 12.8 Å². The predicted octanol–water partition coefficient (Wildman–Crippen LogP) is 3.67. The van der Waals surface area contributed by atoms with Gasteiger partial charge in [0.05, 0.1) is 12.6 Å². The van der Waals surface area contributed by atoms with Crippen LogP contribution < -0.4 is 10.7 Å². The van der Waals surface area contributed by atoms with Gasteiger partial charge in [0, 0.05) is 11.4 Å².